The maximum Gasteiger partial charge on any atom is 0.317 e. The number of aliphatic hydroxyl groups excluding tert-OH is 1. The van der Waals surface area contributed by atoms with Crippen molar-refractivity contribution < 1.29 is 23.1 Å². The zero-order valence-corrected chi connectivity index (χ0v) is 21.8. The van der Waals surface area contributed by atoms with E-state index in [2.05, 4.69) is 15.3 Å². The molecule has 0 unspecified atom stereocenters. The van der Waals surface area contributed by atoms with Crippen LogP contribution in [0.5, 0.6) is 5.75 Å². The average molecular weight is 518 g/mol. The van der Waals surface area contributed by atoms with E-state index in [0.29, 0.717) is 5.56 Å². The Kier molecular flexibility index (Phi) is 8.11. The van der Waals surface area contributed by atoms with E-state index in [4.69, 9.17) is 4.74 Å². The van der Waals surface area contributed by atoms with Gasteiger partial charge < -0.3 is 20.1 Å². The second-order valence-electron chi connectivity index (χ2n) is 9.84. The van der Waals surface area contributed by atoms with Crippen LogP contribution in [0.4, 0.5) is 4.79 Å². The van der Waals surface area contributed by atoms with E-state index < -0.39 is 22.2 Å². The molecule has 11 heteroatoms. The number of aliphatic hydroxyl groups is 1. The number of fused-ring (bicyclic) bond motifs is 1. The Bertz CT molecular complexity index is 1160. The number of carbonyl (C=O) groups excluding carboxylic acids is 1. The first kappa shape index (κ1) is 26.3. The summed E-state index contributed by atoms with van der Waals surface area (Å²) in [6.07, 6.45) is 8.46. The van der Waals surface area contributed by atoms with Gasteiger partial charge in [-0.05, 0) is 37.5 Å². The lowest BCUT2D eigenvalue weighted by Crippen LogP contribution is -2.51. The Labute approximate surface area is 212 Å². The summed E-state index contributed by atoms with van der Waals surface area (Å²) < 4.78 is 35.0. The number of amides is 2. The molecule has 1 aromatic carbocycles. The van der Waals surface area contributed by atoms with E-state index in [1.54, 1.807) is 43.4 Å². The fourth-order valence-corrected chi connectivity index (χ4v) is 6.60. The van der Waals surface area contributed by atoms with Crippen LogP contribution in [-0.4, -0.2) is 83.7 Å². The summed E-state index contributed by atoms with van der Waals surface area (Å²) in [5.74, 6) is -0.0555. The van der Waals surface area contributed by atoms with Gasteiger partial charge >= 0.3 is 6.03 Å². The highest BCUT2D eigenvalue weighted by Crippen LogP contribution is 2.36. The van der Waals surface area contributed by atoms with Crippen molar-refractivity contribution in [3.05, 3.63) is 36.9 Å². The Balaban J connectivity index is 1.68. The zero-order valence-electron chi connectivity index (χ0n) is 21.0. The molecule has 1 saturated carbocycles. The first-order chi connectivity index (χ1) is 17.2. The zero-order chi connectivity index (χ0) is 25.9. The van der Waals surface area contributed by atoms with Crippen molar-refractivity contribution in [2.75, 3.05) is 26.7 Å². The lowest BCUT2D eigenvalue weighted by atomic mass is 10.0. The van der Waals surface area contributed by atoms with Crippen molar-refractivity contribution in [2.45, 2.75) is 62.6 Å². The number of aromatic nitrogens is 2. The van der Waals surface area contributed by atoms with Gasteiger partial charge in [-0.25, -0.2) is 23.2 Å². The van der Waals surface area contributed by atoms with Crippen molar-refractivity contribution in [2.24, 2.45) is 5.92 Å². The largest absolute Gasteiger partial charge is 0.487 e. The number of hydrogen-bond acceptors (Lipinski definition) is 7. The predicted molar refractivity (Wildman–Crippen MR) is 135 cm³/mol. The van der Waals surface area contributed by atoms with Crippen LogP contribution >= 0.6 is 0 Å². The van der Waals surface area contributed by atoms with E-state index in [1.165, 1.54) is 16.7 Å². The maximum atomic E-state index is 13.6. The molecule has 4 rings (SSSR count). The van der Waals surface area contributed by atoms with Gasteiger partial charge in [0.15, 0.2) is 0 Å². The molecule has 2 N–H and O–H groups in total. The van der Waals surface area contributed by atoms with Crippen LogP contribution in [0.1, 0.15) is 39.5 Å². The molecule has 10 nitrogen and oxygen atoms in total. The molecule has 3 atom stereocenters. The quantitative estimate of drug-likeness (QED) is 0.603. The van der Waals surface area contributed by atoms with Crippen molar-refractivity contribution >= 4 is 16.1 Å². The van der Waals surface area contributed by atoms with E-state index in [1.807, 2.05) is 6.92 Å². The van der Waals surface area contributed by atoms with Gasteiger partial charge in [-0.15, -0.1) is 0 Å². The predicted octanol–water partition coefficient (Wildman–Crippen LogP) is 2.50. The summed E-state index contributed by atoms with van der Waals surface area (Å²) >= 11 is 0. The number of rotatable bonds is 6. The molecule has 196 valence electrons. The first-order valence-electron chi connectivity index (χ1n) is 12.4. The molecule has 2 amide bonds. The minimum atomic E-state index is -3.95. The molecule has 1 aliphatic carbocycles. The normalized spacial score (nSPS) is 23.1. The monoisotopic (exact) mass is 517 g/mol. The fourth-order valence-electron chi connectivity index (χ4n) is 4.78. The third-order valence-electron chi connectivity index (χ3n) is 7.04. The Morgan fingerprint density at radius 1 is 1.25 bits per heavy atom. The van der Waals surface area contributed by atoms with Crippen molar-refractivity contribution in [3.8, 4) is 16.9 Å². The molecule has 1 aromatic heterocycles. The number of likely N-dealkylation sites (N-methyl/N-ethyl adjacent to an activating group) is 1. The summed E-state index contributed by atoms with van der Waals surface area (Å²) in [7, 11) is -2.22. The molecule has 2 aliphatic rings. The van der Waals surface area contributed by atoms with Crippen LogP contribution in [0.3, 0.4) is 0 Å². The minimum absolute atomic E-state index is 0.0263. The summed E-state index contributed by atoms with van der Waals surface area (Å²) in [6, 6.07) is 4.31. The molecule has 36 heavy (non-hydrogen) atoms. The van der Waals surface area contributed by atoms with Gasteiger partial charge in [0.25, 0.3) is 0 Å². The standard InChI is InChI=1S/C25H35N5O5S/c1-17-13-30(18(2)15-31)36(33,34)24-9-8-19(20-11-26-16-27-12-20)10-22(24)35-23(17)14-29(3)25(32)28-21-6-4-5-7-21/h8-12,16-18,21,23,31H,4-7,13-15H2,1-3H3,(H,28,32)/t17-,18-,23+/m0/s1. The van der Waals surface area contributed by atoms with Gasteiger partial charge in [0.05, 0.1) is 13.2 Å². The fraction of sp³-hybridized carbons (Fsp3) is 0.560. The highest BCUT2D eigenvalue weighted by Gasteiger charge is 2.38. The Morgan fingerprint density at radius 2 is 1.94 bits per heavy atom. The smallest absolute Gasteiger partial charge is 0.317 e. The van der Waals surface area contributed by atoms with Crippen molar-refractivity contribution in [1.29, 1.82) is 0 Å². The number of urea groups is 1. The second kappa shape index (κ2) is 11.1. The molecular formula is C25H35N5O5S. The topological polar surface area (TPSA) is 125 Å². The summed E-state index contributed by atoms with van der Waals surface area (Å²) in [5, 5.41) is 12.9. The van der Waals surface area contributed by atoms with Gasteiger partial charge in [-0.3, -0.25) is 0 Å². The van der Waals surface area contributed by atoms with Gasteiger partial charge in [0.1, 0.15) is 23.1 Å². The summed E-state index contributed by atoms with van der Waals surface area (Å²) in [6.45, 7) is 3.70. The maximum absolute atomic E-state index is 13.6. The van der Waals surface area contributed by atoms with Crippen LogP contribution in [0.25, 0.3) is 11.1 Å². The van der Waals surface area contributed by atoms with Crippen LogP contribution in [0, 0.1) is 5.92 Å². The lowest BCUT2D eigenvalue weighted by molar-refractivity contribution is 0.0809. The Morgan fingerprint density at radius 3 is 2.61 bits per heavy atom. The molecule has 0 spiro atoms. The number of sulfonamides is 1. The molecular weight excluding hydrogens is 482 g/mol. The third kappa shape index (κ3) is 5.63. The molecule has 0 saturated heterocycles. The van der Waals surface area contributed by atoms with Gasteiger partial charge in [0.2, 0.25) is 10.0 Å². The van der Waals surface area contributed by atoms with Crippen LogP contribution in [0.15, 0.2) is 41.8 Å². The Hall–Kier alpha value is -2.76. The van der Waals surface area contributed by atoms with Crippen molar-refractivity contribution in [3.63, 3.8) is 0 Å². The van der Waals surface area contributed by atoms with Gasteiger partial charge in [-0.2, -0.15) is 4.31 Å². The number of nitrogens with zero attached hydrogens (tertiary/aromatic N) is 4. The first-order valence-corrected chi connectivity index (χ1v) is 13.8. The highest BCUT2D eigenvalue weighted by molar-refractivity contribution is 7.89. The summed E-state index contributed by atoms with van der Waals surface area (Å²) in [4.78, 5) is 22.6. The van der Waals surface area contributed by atoms with Gasteiger partial charge in [0, 0.05) is 49.6 Å². The molecule has 0 bridgehead atoms. The highest BCUT2D eigenvalue weighted by atomic mass is 32.2. The van der Waals surface area contributed by atoms with Crippen LogP contribution < -0.4 is 10.1 Å². The average Bonchev–Trinajstić information content (AvgIpc) is 3.39. The molecule has 1 fully saturated rings. The second-order valence-corrected chi connectivity index (χ2v) is 11.7. The number of ether oxygens (including phenoxy) is 1. The number of benzene rings is 1. The van der Waals surface area contributed by atoms with E-state index >= 15 is 0 Å². The number of hydrogen-bond donors (Lipinski definition) is 2. The van der Waals surface area contributed by atoms with Crippen LogP contribution in [-0.2, 0) is 10.0 Å². The molecule has 0 radical (unpaired) electrons. The van der Waals surface area contributed by atoms with Crippen LogP contribution in [0.2, 0.25) is 0 Å². The van der Waals surface area contributed by atoms with E-state index in [9.17, 15) is 18.3 Å². The number of carbonyl (C=O) groups is 1. The minimum Gasteiger partial charge on any atom is -0.487 e. The molecule has 2 heterocycles. The molecule has 1 aliphatic heterocycles. The third-order valence-corrected chi connectivity index (χ3v) is 9.06. The van der Waals surface area contributed by atoms with Crippen molar-refractivity contribution in [1.82, 2.24) is 24.5 Å². The van der Waals surface area contributed by atoms with Gasteiger partial charge in [-0.1, -0.05) is 25.8 Å². The van der Waals surface area contributed by atoms with E-state index in [0.717, 1.165) is 31.2 Å². The van der Waals surface area contributed by atoms with E-state index in [-0.39, 0.29) is 48.3 Å². The lowest BCUT2D eigenvalue weighted by Gasteiger charge is -2.37. The SMILES string of the molecule is C[C@H]1CN([C@@H](C)CO)S(=O)(=O)c2ccc(-c3cncnc3)cc2O[C@@H]1CN(C)C(=O)NC1CCCC1. The number of nitrogens with one attached hydrogen (secondary N) is 1. The summed E-state index contributed by atoms with van der Waals surface area (Å²) in [5.41, 5.74) is 1.44. The molecule has 2 aromatic rings.